The van der Waals surface area contributed by atoms with Crippen LogP contribution < -0.4 is 5.73 Å². The molecular formula is C21H22ClN3O3S. The smallest absolute Gasteiger partial charge is 0.266 e. The fourth-order valence-corrected chi connectivity index (χ4v) is 6.20. The van der Waals surface area contributed by atoms with Gasteiger partial charge in [0.15, 0.2) is 0 Å². The maximum atomic E-state index is 13.6. The summed E-state index contributed by atoms with van der Waals surface area (Å²) in [6, 6.07) is 12.9. The van der Waals surface area contributed by atoms with Crippen molar-refractivity contribution < 1.29 is 13.2 Å². The van der Waals surface area contributed by atoms with Crippen LogP contribution >= 0.6 is 11.6 Å². The first kappa shape index (κ1) is 19.9. The van der Waals surface area contributed by atoms with Crippen LogP contribution in [-0.2, 0) is 10.0 Å². The Kier molecular flexibility index (Phi) is 5.14. The molecule has 1 aliphatic rings. The largest absolute Gasteiger partial charge is 0.364 e. The molecular weight excluding hydrogens is 410 g/mol. The highest BCUT2D eigenvalue weighted by atomic mass is 35.5. The van der Waals surface area contributed by atoms with Gasteiger partial charge in [0.05, 0.1) is 0 Å². The first-order valence-electron chi connectivity index (χ1n) is 9.45. The molecule has 29 heavy (non-hydrogen) atoms. The molecule has 1 saturated heterocycles. The first-order chi connectivity index (χ1) is 13.8. The fraction of sp³-hybridized carbons (Fsp3) is 0.286. The van der Waals surface area contributed by atoms with E-state index in [1.807, 2.05) is 25.1 Å². The number of piperidine rings is 1. The third kappa shape index (κ3) is 3.54. The SMILES string of the molecule is Cc1ccccc1C1CCCN(S(=O)(=O)c2c(C(N)=O)[nH]c3ccc(Cl)cc23)C1. The van der Waals surface area contributed by atoms with Crippen LogP contribution in [0.3, 0.4) is 0 Å². The Morgan fingerprint density at radius 1 is 1.24 bits per heavy atom. The van der Waals surface area contributed by atoms with Gasteiger partial charge in [0, 0.05) is 29.0 Å². The quantitative estimate of drug-likeness (QED) is 0.657. The number of carbonyl (C=O) groups excluding carboxylic acids is 1. The number of sulfonamides is 1. The van der Waals surface area contributed by atoms with Gasteiger partial charge in [-0.1, -0.05) is 35.9 Å². The van der Waals surface area contributed by atoms with Gasteiger partial charge in [-0.15, -0.1) is 0 Å². The average Bonchev–Trinajstić information content (AvgIpc) is 3.08. The topological polar surface area (TPSA) is 96.3 Å². The van der Waals surface area contributed by atoms with E-state index in [9.17, 15) is 13.2 Å². The molecule has 0 saturated carbocycles. The maximum absolute atomic E-state index is 13.6. The van der Waals surface area contributed by atoms with Gasteiger partial charge >= 0.3 is 0 Å². The Morgan fingerprint density at radius 3 is 2.72 bits per heavy atom. The number of primary amides is 1. The minimum absolute atomic E-state index is 0.0899. The summed E-state index contributed by atoms with van der Waals surface area (Å²) in [5.41, 5.74) is 8.20. The highest BCUT2D eigenvalue weighted by Crippen LogP contribution is 2.36. The number of fused-ring (bicyclic) bond motifs is 1. The molecule has 1 amide bonds. The van der Waals surface area contributed by atoms with Crippen molar-refractivity contribution in [3.8, 4) is 0 Å². The number of nitrogens with zero attached hydrogens (tertiary/aromatic N) is 1. The van der Waals surface area contributed by atoms with Gasteiger partial charge in [-0.2, -0.15) is 4.31 Å². The molecule has 4 rings (SSSR count). The van der Waals surface area contributed by atoms with E-state index < -0.39 is 15.9 Å². The molecule has 6 nitrogen and oxygen atoms in total. The van der Waals surface area contributed by atoms with Crippen molar-refractivity contribution >= 4 is 38.4 Å². The molecule has 0 aliphatic carbocycles. The van der Waals surface area contributed by atoms with Gasteiger partial charge in [-0.3, -0.25) is 4.79 Å². The molecule has 0 spiro atoms. The van der Waals surface area contributed by atoms with Gasteiger partial charge in [0.2, 0.25) is 10.0 Å². The van der Waals surface area contributed by atoms with Gasteiger partial charge in [0.25, 0.3) is 5.91 Å². The number of aromatic amines is 1. The maximum Gasteiger partial charge on any atom is 0.266 e. The van der Waals surface area contributed by atoms with Crippen molar-refractivity contribution in [2.75, 3.05) is 13.1 Å². The number of benzene rings is 2. The molecule has 152 valence electrons. The number of halogens is 1. The van der Waals surface area contributed by atoms with Crippen molar-refractivity contribution in [2.45, 2.75) is 30.6 Å². The summed E-state index contributed by atoms with van der Waals surface area (Å²) in [6.07, 6.45) is 1.66. The number of amides is 1. The molecule has 2 heterocycles. The lowest BCUT2D eigenvalue weighted by molar-refractivity contribution is 0.0993. The number of hydrogen-bond donors (Lipinski definition) is 2. The third-order valence-electron chi connectivity index (χ3n) is 5.57. The number of nitrogens with one attached hydrogen (secondary N) is 1. The molecule has 0 bridgehead atoms. The number of rotatable bonds is 4. The zero-order valence-corrected chi connectivity index (χ0v) is 17.6. The molecule has 3 N–H and O–H groups in total. The second-order valence-electron chi connectivity index (χ2n) is 7.44. The molecule has 1 unspecified atom stereocenters. The van der Waals surface area contributed by atoms with Crippen molar-refractivity contribution in [1.29, 1.82) is 0 Å². The van der Waals surface area contributed by atoms with E-state index in [2.05, 4.69) is 11.1 Å². The van der Waals surface area contributed by atoms with Crippen LogP contribution in [-0.4, -0.2) is 36.7 Å². The third-order valence-corrected chi connectivity index (χ3v) is 7.76. The Balaban J connectivity index is 1.79. The average molecular weight is 432 g/mol. The highest BCUT2D eigenvalue weighted by Gasteiger charge is 2.36. The summed E-state index contributed by atoms with van der Waals surface area (Å²) in [5.74, 6) is -0.714. The van der Waals surface area contributed by atoms with E-state index in [1.165, 1.54) is 4.31 Å². The molecule has 2 aromatic carbocycles. The van der Waals surface area contributed by atoms with E-state index in [1.54, 1.807) is 18.2 Å². The van der Waals surface area contributed by atoms with E-state index in [4.69, 9.17) is 17.3 Å². The Hall–Kier alpha value is -2.35. The van der Waals surface area contributed by atoms with Crippen LogP contribution in [0.2, 0.25) is 5.02 Å². The van der Waals surface area contributed by atoms with Gasteiger partial charge in [-0.25, -0.2) is 8.42 Å². The predicted octanol–water partition coefficient (Wildman–Crippen LogP) is 3.80. The standard InChI is InChI=1S/C21H22ClN3O3S/c1-13-5-2-3-7-16(13)14-6-4-10-25(12-14)29(27,28)20-17-11-15(22)8-9-18(17)24-19(20)21(23)26/h2-3,5,7-9,11,14,24H,4,6,10,12H2,1H3,(H2,23,26). The highest BCUT2D eigenvalue weighted by molar-refractivity contribution is 7.89. The number of carbonyl (C=O) groups is 1. The summed E-state index contributed by atoms with van der Waals surface area (Å²) in [4.78, 5) is 14.8. The van der Waals surface area contributed by atoms with Crippen molar-refractivity contribution in [3.05, 3.63) is 64.3 Å². The van der Waals surface area contributed by atoms with Crippen molar-refractivity contribution in [1.82, 2.24) is 9.29 Å². The summed E-state index contributed by atoms with van der Waals surface area (Å²) < 4.78 is 28.7. The number of aryl methyl sites for hydroxylation is 1. The summed E-state index contributed by atoms with van der Waals surface area (Å²) in [6.45, 7) is 2.80. The van der Waals surface area contributed by atoms with Gasteiger partial charge < -0.3 is 10.7 Å². The zero-order valence-electron chi connectivity index (χ0n) is 16.0. The first-order valence-corrected chi connectivity index (χ1v) is 11.3. The van der Waals surface area contributed by atoms with Crippen LogP contribution in [0, 0.1) is 6.92 Å². The van der Waals surface area contributed by atoms with E-state index >= 15 is 0 Å². The Morgan fingerprint density at radius 2 is 2.00 bits per heavy atom. The lowest BCUT2D eigenvalue weighted by Gasteiger charge is -2.33. The van der Waals surface area contributed by atoms with E-state index in [0.717, 1.165) is 24.0 Å². The van der Waals surface area contributed by atoms with Crippen LogP contribution in [0.15, 0.2) is 47.4 Å². The lowest BCUT2D eigenvalue weighted by Crippen LogP contribution is -2.39. The minimum atomic E-state index is -3.95. The number of nitrogens with two attached hydrogens (primary N) is 1. The van der Waals surface area contributed by atoms with Gasteiger partial charge in [-0.05, 0) is 55.0 Å². The van der Waals surface area contributed by atoms with Crippen molar-refractivity contribution in [2.24, 2.45) is 5.73 Å². The molecule has 0 radical (unpaired) electrons. The molecule has 8 heteroatoms. The summed E-state index contributed by atoms with van der Waals surface area (Å²) in [7, 11) is -3.95. The number of hydrogen-bond acceptors (Lipinski definition) is 3. The summed E-state index contributed by atoms with van der Waals surface area (Å²) in [5, 5.41) is 0.768. The van der Waals surface area contributed by atoms with Crippen LogP contribution in [0.1, 0.15) is 40.4 Å². The van der Waals surface area contributed by atoms with Gasteiger partial charge in [0.1, 0.15) is 10.6 Å². The number of aromatic nitrogens is 1. The minimum Gasteiger partial charge on any atom is -0.364 e. The second kappa shape index (κ2) is 7.48. The zero-order chi connectivity index (χ0) is 20.8. The molecule has 1 fully saturated rings. The predicted molar refractivity (Wildman–Crippen MR) is 114 cm³/mol. The molecule has 1 aromatic heterocycles. The number of H-pyrrole nitrogens is 1. The van der Waals surface area contributed by atoms with Crippen LogP contribution in [0.4, 0.5) is 0 Å². The fourth-order valence-electron chi connectivity index (χ4n) is 4.17. The van der Waals surface area contributed by atoms with Crippen LogP contribution in [0.25, 0.3) is 10.9 Å². The molecule has 3 aromatic rings. The molecule has 1 aliphatic heterocycles. The lowest BCUT2D eigenvalue weighted by atomic mass is 9.89. The van der Waals surface area contributed by atoms with Crippen molar-refractivity contribution in [3.63, 3.8) is 0 Å². The Bertz CT molecular complexity index is 1200. The second-order valence-corrected chi connectivity index (χ2v) is 9.75. The monoisotopic (exact) mass is 431 g/mol. The van der Waals surface area contributed by atoms with Crippen LogP contribution in [0.5, 0.6) is 0 Å². The Labute approximate surface area is 174 Å². The normalized spacial score (nSPS) is 18.2. The molecule has 1 atom stereocenters. The summed E-state index contributed by atoms with van der Waals surface area (Å²) >= 11 is 6.10. The van der Waals surface area contributed by atoms with E-state index in [-0.39, 0.29) is 16.5 Å². The van der Waals surface area contributed by atoms with E-state index in [0.29, 0.717) is 29.0 Å².